The molecule has 0 amide bonds. The molecule has 0 heterocycles. The Hall–Kier alpha value is -1.81. The molecule has 0 N–H and O–H groups in total. The van der Waals surface area contributed by atoms with Crippen LogP contribution in [0.25, 0.3) is 0 Å². The van der Waals surface area contributed by atoms with Crippen molar-refractivity contribution >= 4 is 21.7 Å². The highest BCUT2D eigenvalue weighted by Crippen LogP contribution is 2.30. The van der Waals surface area contributed by atoms with E-state index < -0.39 is 0 Å². The third-order valence-electron chi connectivity index (χ3n) is 3.44. The summed E-state index contributed by atoms with van der Waals surface area (Å²) in [5.74, 6) is 1.82. The number of ketones is 1. The van der Waals surface area contributed by atoms with E-state index in [4.69, 9.17) is 9.47 Å². The van der Waals surface area contributed by atoms with Crippen molar-refractivity contribution < 1.29 is 14.3 Å². The van der Waals surface area contributed by atoms with Gasteiger partial charge >= 0.3 is 0 Å². The fourth-order valence-corrected chi connectivity index (χ4v) is 2.84. The summed E-state index contributed by atoms with van der Waals surface area (Å²) in [4.78, 5) is 11.7. The van der Waals surface area contributed by atoms with Gasteiger partial charge in [0.05, 0.1) is 0 Å². The lowest BCUT2D eigenvalue weighted by Crippen LogP contribution is -2.10. The van der Waals surface area contributed by atoms with Crippen molar-refractivity contribution in [2.45, 2.75) is 12.8 Å². The SMILES string of the molecule is O=C1CCc2c(OCCOc3cccc(Br)c3)cccc21. The molecule has 3 rings (SSSR count). The summed E-state index contributed by atoms with van der Waals surface area (Å²) in [5, 5.41) is 0. The predicted molar refractivity (Wildman–Crippen MR) is 84.2 cm³/mol. The molecule has 3 nitrogen and oxygen atoms in total. The number of benzene rings is 2. The summed E-state index contributed by atoms with van der Waals surface area (Å²) in [6.07, 6.45) is 1.36. The number of fused-ring (bicyclic) bond motifs is 1. The van der Waals surface area contributed by atoms with Crippen molar-refractivity contribution in [2.24, 2.45) is 0 Å². The minimum atomic E-state index is 0.209. The van der Waals surface area contributed by atoms with Gasteiger partial charge in [0.25, 0.3) is 0 Å². The molecular weight excluding hydrogens is 332 g/mol. The highest BCUT2D eigenvalue weighted by atomic mass is 79.9. The molecule has 0 bridgehead atoms. The summed E-state index contributed by atoms with van der Waals surface area (Å²) in [6.45, 7) is 0.922. The molecule has 2 aromatic rings. The predicted octanol–water partition coefficient (Wildman–Crippen LogP) is 4.04. The van der Waals surface area contributed by atoms with Gasteiger partial charge in [0.15, 0.2) is 5.78 Å². The maximum atomic E-state index is 11.7. The van der Waals surface area contributed by atoms with Crippen LogP contribution < -0.4 is 9.47 Å². The molecule has 0 saturated carbocycles. The van der Waals surface area contributed by atoms with Gasteiger partial charge in [0, 0.05) is 22.0 Å². The lowest BCUT2D eigenvalue weighted by Gasteiger charge is -2.11. The van der Waals surface area contributed by atoms with Crippen molar-refractivity contribution in [1.29, 1.82) is 0 Å². The second-order valence-electron chi connectivity index (χ2n) is 4.86. The summed E-state index contributed by atoms with van der Waals surface area (Å²) >= 11 is 3.40. The van der Waals surface area contributed by atoms with Gasteiger partial charge in [-0.1, -0.05) is 34.1 Å². The number of rotatable bonds is 5. The normalized spacial score (nSPS) is 13.1. The first kappa shape index (κ1) is 14.1. The maximum Gasteiger partial charge on any atom is 0.163 e. The molecule has 0 saturated heterocycles. The van der Waals surface area contributed by atoms with E-state index in [0.29, 0.717) is 19.6 Å². The van der Waals surface area contributed by atoms with Crippen LogP contribution in [-0.4, -0.2) is 19.0 Å². The van der Waals surface area contributed by atoms with Gasteiger partial charge in [-0.15, -0.1) is 0 Å². The van der Waals surface area contributed by atoms with Crippen LogP contribution in [-0.2, 0) is 6.42 Å². The van der Waals surface area contributed by atoms with Crippen LogP contribution in [0.4, 0.5) is 0 Å². The minimum absolute atomic E-state index is 0.209. The van der Waals surface area contributed by atoms with E-state index in [-0.39, 0.29) is 5.78 Å². The second kappa shape index (κ2) is 6.31. The Balaban J connectivity index is 1.56. The molecule has 108 valence electrons. The lowest BCUT2D eigenvalue weighted by atomic mass is 10.1. The summed E-state index contributed by atoms with van der Waals surface area (Å²) in [7, 11) is 0. The Morgan fingerprint density at radius 2 is 1.81 bits per heavy atom. The molecule has 2 aromatic carbocycles. The number of ether oxygens (including phenoxy) is 2. The minimum Gasteiger partial charge on any atom is -0.490 e. The second-order valence-corrected chi connectivity index (χ2v) is 5.78. The van der Waals surface area contributed by atoms with Crippen molar-refractivity contribution in [2.75, 3.05) is 13.2 Å². The number of carbonyl (C=O) groups excluding carboxylic acids is 1. The molecular formula is C17H15BrO3. The third-order valence-corrected chi connectivity index (χ3v) is 3.93. The Labute approximate surface area is 132 Å². The topological polar surface area (TPSA) is 35.5 Å². The van der Waals surface area contributed by atoms with Crippen LogP contribution in [0.5, 0.6) is 11.5 Å². The number of carbonyl (C=O) groups is 1. The molecule has 0 radical (unpaired) electrons. The van der Waals surface area contributed by atoms with Gasteiger partial charge in [-0.2, -0.15) is 0 Å². The molecule has 0 fully saturated rings. The number of Topliss-reactive ketones (excluding diaryl/α,β-unsaturated/α-hetero) is 1. The first-order valence-electron chi connectivity index (χ1n) is 6.90. The van der Waals surface area contributed by atoms with E-state index in [1.165, 1.54) is 0 Å². The number of halogens is 1. The molecule has 0 unspecified atom stereocenters. The quantitative estimate of drug-likeness (QED) is 0.766. The Kier molecular flexibility index (Phi) is 4.25. The zero-order chi connectivity index (χ0) is 14.7. The lowest BCUT2D eigenvalue weighted by molar-refractivity contribution is 0.0994. The summed E-state index contributed by atoms with van der Waals surface area (Å²) < 4.78 is 12.4. The average molecular weight is 347 g/mol. The van der Waals surface area contributed by atoms with Gasteiger partial charge in [-0.3, -0.25) is 4.79 Å². The first-order chi connectivity index (χ1) is 10.2. The molecule has 1 aliphatic carbocycles. The van der Waals surface area contributed by atoms with Crippen molar-refractivity contribution in [3.63, 3.8) is 0 Å². The largest absolute Gasteiger partial charge is 0.490 e. The van der Waals surface area contributed by atoms with E-state index in [1.54, 1.807) is 0 Å². The zero-order valence-corrected chi connectivity index (χ0v) is 13.1. The fraction of sp³-hybridized carbons (Fsp3) is 0.235. The highest BCUT2D eigenvalue weighted by Gasteiger charge is 2.22. The van der Waals surface area contributed by atoms with Crippen LogP contribution in [0.15, 0.2) is 46.9 Å². The van der Waals surface area contributed by atoms with Crippen molar-refractivity contribution in [3.05, 3.63) is 58.1 Å². The molecule has 0 atom stereocenters. The standard InChI is InChI=1S/C17H15BrO3/c18-12-3-1-4-13(11-12)20-9-10-21-17-6-2-5-14-15(17)7-8-16(14)19/h1-6,11H,7-10H2. The van der Waals surface area contributed by atoms with Crippen LogP contribution in [0.3, 0.4) is 0 Å². The van der Waals surface area contributed by atoms with Gasteiger partial charge in [-0.05, 0) is 30.7 Å². The van der Waals surface area contributed by atoms with E-state index >= 15 is 0 Å². The smallest absolute Gasteiger partial charge is 0.163 e. The summed E-state index contributed by atoms with van der Waals surface area (Å²) in [6, 6.07) is 13.4. The molecule has 4 heteroatoms. The Morgan fingerprint density at radius 1 is 1.00 bits per heavy atom. The van der Waals surface area contributed by atoms with Crippen molar-refractivity contribution in [3.8, 4) is 11.5 Å². The maximum absolute atomic E-state index is 11.7. The van der Waals surface area contributed by atoms with Gasteiger partial charge in [0.1, 0.15) is 24.7 Å². The van der Waals surface area contributed by atoms with Crippen LogP contribution in [0.2, 0.25) is 0 Å². The van der Waals surface area contributed by atoms with Crippen LogP contribution >= 0.6 is 15.9 Å². The van der Waals surface area contributed by atoms with Crippen LogP contribution in [0.1, 0.15) is 22.3 Å². The Morgan fingerprint density at radius 3 is 2.67 bits per heavy atom. The average Bonchev–Trinajstić information content (AvgIpc) is 2.86. The van der Waals surface area contributed by atoms with E-state index in [0.717, 1.165) is 33.5 Å². The Bertz CT molecular complexity index is 667. The monoisotopic (exact) mass is 346 g/mol. The molecule has 21 heavy (non-hydrogen) atoms. The number of hydrogen-bond donors (Lipinski definition) is 0. The first-order valence-corrected chi connectivity index (χ1v) is 7.69. The number of hydrogen-bond acceptors (Lipinski definition) is 3. The highest BCUT2D eigenvalue weighted by molar-refractivity contribution is 9.10. The molecule has 0 spiro atoms. The zero-order valence-electron chi connectivity index (χ0n) is 11.5. The van der Waals surface area contributed by atoms with Gasteiger partial charge in [-0.25, -0.2) is 0 Å². The molecule has 1 aliphatic rings. The summed E-state index contributed by atoms with van der Waals surface area (Å²) in [5.41, 5.74) is 1.84. The van der Waals surface area contributed by atoms with Gasteiger partial charge < -0.3 is 9.47 Å². The fourth-order valence-electron chi connectivity index (χ4n) is 2.46. The van der Waals surface area contributed by atoms with E-state index in [9.17, 15) is 4.79 Å². The third kappa shape index (κ3) is 3.27. The van der Waals surface area contributed by atoms with E-state index in [2.05, 4.69) is 15.9 Å². The van der Waals surface area contributed by atoms with E-state index in [1.807, 2.05) is 42.5 Å². The molecule has 0 aliphatic heterocycles. The van der Waals surface area contributed by atoms with Gasteiger partial charge in [0.2, 0.25) is 0 Å². The van der Waals surface area contributed by atoms with Crippen LogP contribution in [0, 0.1) is 0 Å². The molecule has 0 aromatic heterocycles. The van der Waals surface area contributed by atoms with Crippen molar-refractivity contribution in [1.82, 2.24) is 0 Å².